The zero-order valence-corrected chi connectivity index (χ0v) is 11.2. The standard InChI is InChI=1S/C10H15N3O2S2/c1-17(14,15)13-4-2-3-12-7-10-5-9(6-11)8-16-10/h5,8,12-13H,2-4,7H2,1H3. The number of nitrogens with zero attached hydrogens (tertiary/aromatic N) is 1. The predicted molar refractivity (Wildman–Crippen MR) is 68.2 cm³/mol. The average Bonchev–Trinajstić information content (AvgIpc) is 2.69. The van der Waals surface area contributed by atoms with Crippen LogP contribution < -0.4 is 10.0 Å². The molecule has 0 spiro atoms. The van der Waals surface area contributed by atoms with Crippen molar-refractivity contribution in [3.8, 4) is 6.07 Å². The molecule has 0 bridgehead atoms. The van der Waals surface area contributed by atoms with E-state index in [1.165, 1.54) is 0 Å². The van der Waals surface area contributed by atoms with Crippen molar-refractivity contribution in [3.63, 3.8) is 0 Å². The largest absolute Gasteiger partial charge is 0.312 e. The molecule has 0 amide bonds. The van der Waals surface area contributed by atoms with Crippen LogP contribution in [0.15, 0.2) is 11.4 Å². The van der Waals surface area contributed by atoms with Crippen LogP contribution in [-0.2, 0) is 16.6 Å². The summed E-state index contributed by atoms with van der Waals surface area (Å²) in [4.78, 5) is 1.11. The smallest absolute Gasteiger partial charge is 0.208 e. The van der Waals surface area contributed by atoms with Crippen molar-refractivity contribution in [2.45, 2.75) is 13.0 Å². The van der Waals surface area contributed by atoms with Crippen LogP contribution in [0.4, 0.5) is 0 Å². The van der Waals surface area contributed by atoms with E-state index >= 15 is 0 Å². The number of hydrogen-bond acceptors (Lipinski definition) is 5. The van der Waals surface area contributed by atoms with Crippen molar-refractivity contribution in [2.75, 3.05) is 19.3 Å². The van der Waals surface area contributed by atoms with Crippen LogP contribution in [0.25, 0.3) is 0 Å². The average molecular weight is 273 g/mol. The molecule has 0 aliphatic rings. The van der Waals surface area contributed by atoms with Crippen LogP contribution in [-0.4, -0.2) is 27.8 Å². The molecule has 1 heterocycles. The Bertz CT molecular complexity index is 488. The van der Waals surface area contributed by atoms with Gasteiger partial charge in [0.1, 0.15) is 6.07 Å². The fourth-order valence-electron chi connectivity index (χ4n) is 1.21. The van der Waals surface area contributed by atoms with Crippen LogP contribution in [0.5, 0.6) is 0 Å². The lowest BCUT2D eigenvalue weighted by Gasteiger charge is -2.03. The Morgan fingerprint density at radius 3 is 2.82 bits per heavy atom. The molecular formula is C10H15N3O2S2. The molecule has 0 atom stereocenters. The SMILES string of the molecule is CS(=O)(=O)NCCCNCc1cc(C#N)cs1. The normalized spacial score (nSPS) is 11.3. The lowest BCUT2D eigenvalue weighted by atomic mass is 10.3. The van der Waals surface area contributed by atoms with E-state index in [2.05, 4.69) is 16.1 Å². The number of nitriles is 1. The van der Waals surface area contributed by atoms with Crippen molar-refractivity contribution < 1.29 is 8.42 Å². The van der Waals surface area contributed by atoms with Gasteiger partial charge in [-0.2, -0.15) is 5.26 Å². The van der Waals surface area contributed by atoms with Crippen molar-refractivity contribution in [1.29, 1.82) is 5.26 Å². The van der Waals surface area contributed by atoms with E-state index in [1.54, 1.807) is 11.3 Å². The summed E-state index contributed by atoms with van der Waals surface area (Å²) in [6, 6.07) is 3.93. The molecule has 0 aromatic carbocycles. The van der Waals surface area contributed by atoms with Crippen LogP contribution >= 0.6 is 11.3 Å². The summed E-state index contributed by atoms with van der Waals surface area (Å²) in [7, 11) is -3.08. The van der Waals surface area contributed by atoms with Gasteiger partial charge in [-0.3, -0.25) is 0 Å². The van der Waals surface area contributed by atoms with Crippen molar-refractivity contribution in [3.05, 3.63) is 21.9 Å². The van der Waals surface area contributed by atoms with E-state index in [4.69, 9.17) is 5.26 Å². The minimum Gasteiger partial charge on any atom is -0.312 e. The number of hydrogen-bond donors (Lipinski definition) is 2. The van der Waals surface area contributed by atoms with E-state index in [9.17, 15) is 8.42 Å². The molecule has 0 unspecified atom stereocenters. The number of thiophene rings is 1. The first-order valence-electron chi connectivity index (χ1n) is 5.14. The molecule has 2 N–H and O–H groups in total. The monoisotopic (exact) mass is 273 g/mol. The van der Waals surface area contributed by atoms with Gasteiger partial charge in [-0.15, -0.1) is 11.3 Å². The lowest BCUT2D eigenvalue weighted by molar-refractivity contribution is 0.579. The van der Waals surface area contributed by atoms with Crippen LogP contribution in [0.1, 0.15) is 16.9 Å². The Morgan fingerprint density at radius 1 is 1.47 bits per heavy atom. The molecule has 0 radical (unpaired) electrons. The quantitative estimate of drug-likeness (QED) is 0.715. The third-order valence-corrected chi connectivity index (χ3v) is 3.64. The molecule has 17 heavy (non-hydrogen) atoms. The fraction of sp³-hybridized carbons (Fsp3) is 0.500. The fourth-order valence-corrected chi connectivity index (χ4v) is 2.51. The third kappa shape index (κ3) is 6.38. The van der Waals surface area contributed by atoms with Gasteiger partial charge in [0.05, 0.1) is 11.8 Å². The van der Waals surface area contributed by atoms with Gasteiger partial charge in [0, 0.05) is 23.3 Å². The summed E-state index contributed by atoms with van der Waals surface area (Å²) < 4.78 is 23.9. The summed E-state index contributed by atoms with van der Waals surface area (Å²) in [5.41, 5.74) is 0.686. The lowest BCUT2D eigenvalue weighted by Crippen LogP contribution is -2.26. The zero-order valence-electron chi connectivity index (χ0n) is 9.56. The maximum atomic E-state index is 10.8. The second-order valence-corrected chi connectivity index (χ2v) is 6.44. The summed E-state index contributed by atoms with van der Waals surface area (Å²) >= 11 is 1.55. The molecule has 0 aliphatic heterocycles. The molecule has 1 aromatic heterocycles. The Hall–Kier alpha value is -0.940. The molecule has 0 saturated heterocycles. The van der Waals surface area contributed by atoms with Gasteiger partial charge < -0.3 is 5.32 Å². The van der Waals surface area contributed by atoms with E-state index in [-0.39, 0.29) is 0 Å². The maximum Gasteiger partial charge on any atom is 0.208 e. The molecule has 1 rings (SSSR count). The summed E-state index contributed by atoms with van der Waals surface area (Å²) in [6.45, 7) is 1.90. The topological polar surface area (TPSA) is 82.0 Å². The van der Waals surface area contributed by atoms with Gasteiger partial charge in [0.15, 0.2) is 0 Å². The molecule has 0 aliphatic carbocycles. The van der Waals surface area contributed by atoms with Crippen molar-refractivity contribution in [1.82, 2.24) is 10.0 Å². The van der Waals surface area contributed by atoms with Gasteiger partial charge in [-0.25, -0.2) is 13.1 Å². The van der Waals surface area contributed by atoms with Crippen molar-refractivity contribution >= 4 is 21.4 Å². The van der Waals surface area contributed by atoms with Gasteiger partial charge in [-0.1, -0.05) is 0 Å². The Kier molecular flexibility index (Phi) is 5.58. The first kappa shape index (κ1) is 14.1. The first-order valence-corrected chi connectivity index (χ1v) is 7.91. The minimum atomic E-state index is -3.08. The Balaban J connectivity index is 2.11. The summed E-state index contributed by atoms with van der Waals surface area (Å²) in [6.07, 6.45) is 1.89. The second-order valence-electron chi connectivity index (χ2n) is 3.61. The van der Waals surface area contributed by atoms with E-state index in [1.807, 2.05) is 11.4 Å². The molecule has 0 saturated carbocycles. The Morgan fingerprint density at radius 2 is 2.24 bits per heavy atom. The minimum absolute atomic E-state index is 0.444. The number of rotatable bonds is 7. The van der Waals surface area contributed by atoms with Gasteiger partial charge in [0.25, 0.3) is 0 Å². The highest BCUT2D eigenvalue weighted by atomic mass is 32.2. The highest BCUT2D eigenvalue weighted by Gasteiger charge is 2.00. The molecule has 7 heteroatoms. The van der Waals surface area contributed by atoms with E-state index < -0.39 is 10.0 Å². The maximum absolute atomic E-state index is 10.8. The molecular weight excluding hydrogens is 258 g/mol. The van der Waals surface area contributed by atoms with Gasteiger partial charge >= 0.3 is 0 Å². The zero-order chi connectivity index (χ0) is 12.7. The first-order chi connectivity index (χ1) is 8.01. The third-order valence-electron chi connectivity index (χ3n) is 1.98. The molecule has 1 aromatic rings. The Labute approximate surface area is 106 Å². The highest BCUT2D eigenvalue weighted by molar-refractivity contribution is 7.88. The van der Waals surface area contributed by atoms with E-state index in [0.717, 1.165) is 24.1 Å². The summed E-state index contributed by atoms with van der Waals surface area (Å²) in [5, 5.41) is 13.7. The van der Waals surface area contributed by atoms with Crippen LogP contribution in [0.2, 0.25) is 0 Å². The van der Waals surface area contributed by atoms with Crippen molar-refractivity contribution in [2.24, 2.45) is 0 Å². The summed E-state index contributed by atoms with van der Waals surface area (Å²) in [5.74, 6) is 0. The highest BCUT2D eigenvalue weighted by Crippen LogP contribution is 2.12. The number of sulfonamides is 1. The molecule has 5 nitrogen and oxygen atoms in total. The molecule has 94 valence electrons. The second kappa shape index (κ2) is 6.71. The van der Waals surface area contributed by atoms with Gasteiger partial charge in [-0.05, 0) is 19.0 Å². The predicted octanol–water partition coefficient (Wildman–Crippen LogP) is 0.649. The van der Waals surface area contributed by atoms with Gasteiger partial charge in [0.2, 0.25) is 10.0 Å². The van der Waals surface area contributed by atoms with Crippen LogP contribution in [0.3, 0.4) is 0 Å². The van der Waals surface area contributed by atoms with E-state index in [0.29, 0.717) is 18.7 Å². The molecule has 0 fully saturated rings. The number of nitrogens with one attached hydrogen (secondary N) is 2. The van der Waals surface area contributed by atoms with Crippen LogP contribution in [0, 0.1) is 11.3 Å².